The zero-order valence-electron chi connectivity index (χ0n) is 12.0. The maximum Gasteiger partial charge on any atom is 0.241 e. The number of hydrogen-bond acceptors (Lipinski definition) is 3. The second-order valence-electron chi connectivity index (χ2n) is 5.39. The third-order valence-electron chi connectivity index (χ3n) is 3.49. The van der Waals surface area contributed by atoms with Crippen molar-refractivity contribution < 1.29 is 4.79 Å². The van der Waals surface area contributed by atoms with Gasteiger partial charge in [0.05, 0.1) is 6.04 Å². The summed E-state index contributed by atoms with van der Waals surface area (Å²) >= 11 is 0. The standard InChI is InChI=1S/C15H23N3O/c1-12-15(19)18(11-7-10-17(2)3)14(16-12)13-8-5-4-6-9-13/h4-6,8-9,12,14,16H,7,10-11H2,1-3H3. The van der Waals surface area contributed by atoms with Crippen molar-refractivity contribution >= 4 is 5.91 Å². The smallest absolute Gasteiger partial charge is 0.241 e. The molecule has 0 radical (unpaired) electrons. The molecule has 1 N–H and O–H groups in total. The second-order valence-corrected chi connectivity index (χ2v) is 5.39. The lowest BCUT2D eigenvalue weighted by Crippen LogP contribution is -2.33. The molecule has 104 valence electrons. The Morgan fingerprint density at radius 3 is 2.58 bits per heavy atom. The van der Waals surface area contributed by atoms with Crippen LogP contribution < -0.4 is 5.32 Å². The average molecular weight is 261 g/mol. The monoisotopic (exact) mass is 261 g/mol. The van der Waals surface area contributed by atoms with E-state index in [1.54, 1.807) is 0 Å². The van der Waals surface area contributed by atoms with Crippen molar-refractivity contribution in [1.82, 2.24) is 15.1 Å². The van der Waals surface area contributed by atoms with Gasteiger partial charge >= 0.3 is 0 Å². The topological polar surface area (TPSA) is 35.6 Å². The first-order valence-corrected chi connectivity index (χ1v) is 6.86. The Morgan fingerprint density at radius 1 is 1.26 bits per heavy atom. The Labute approximate surface area is 115 Å². The fourth-order valence-corrected chi connectivity index (χ4v) is 2.48. The number of rotatable bonds is 5. The number of amides is 1. The van der Waals surface area contributed by atoms with Gasteiger partial charge in [-0.25, -0.2) is 0 Å². The highest BCUT2D eigenvalue weighted by Crippen LogP contribution is 2.25. The van der Waals surface area contributed by atoms with Gasteiger partial charge in [-0.15, -0.1) is 0 Å². The molecule has 0 bridgehead atoms. The van der Waals surface area contributed by atoms with E-state index >= 15 is 0 Å². The van der Waals surface area contributed by atoms with Crippen LogP contribution in [0.1, 0.15) is 25.1 Å². The molecule has 0 aromatic heterocycles. The van der Waals surface area contributed by atoms with Crippen LogP contribution in [0, 0.1) is 0 Å². The van der Waals surface area contributed by atoms with Gasteiger partial charge in [0.1, 0.15) is 6.17 Å². The first-order valence-electron chi connectivity index (χ1n) is 6.86. The van der Waals surface area contributed by atoms with Crippen molar-refractivity contribution in [3.05, 3.63) is 35.9 Å². The minimum absolute atomic E-state index is 0.0193. The predicted octanol–water partition coefficient (Wildman–Crippen LogP) is 1.46. The molecular weight excluding hydrogens is 238 g/mol. The summed E-state index contributed by atoms with van der Waals surface area (Å²) in [6.07, 6.45) is 1.02. The van der Waals surface area contributed by atoms with Gasteiger partial charge in [-0.1, -0.05) is 30.3 Å². The maximum absolute atomic E-state index is 12.2. The minimum Gasteiger partial charge on any atom is -0.322 e. The van der Waals surface area contributed by atoms with E-state index in [0.717, 1.165) is 25.1 Å². The molecule has 1 aromatic rings. The van der Waals surface area contributed by atoms with Crippen molar-refractivity contribution in [2.75, 3.05) is 27.2 Å². The van der Waals surface area contributed by atoms with Gasteiger partial charge in [0.2, 0.25) is 5.91 Å². The Hall–Kier alpha value is -1.39. The van der Waals surface area contributed by atoms with Crippen LogP contribution in [-0.2, 0) is 4.79 Å². The maximum atomic E-state index is 12.2. The van der Waals surface area contributed by atoms with Gasteiger partial charge in [-0.05, 0) is 39.5 Å². The molecule has 1 saturated heterocycles. The summed E-state index contributed by atoms with van der Waals surface area (Å²) in [5.41, 5.74) is 1.16. The molecule has 4 heteroatoms. The largest absolute Gasteiger partial charge is 0.322 e. The number of nitrogens with one attached hydrogen (secondary N) is 1. The molecule has 19 heavy (non-hydrogen) atoms. The highest BCUT2D eigenvalue weighted by atomic mass is 16.2. The van der Waals surface area contributed by atoms with Crippen molar-refractivity contribution in [2.24, 2.45) is 0 Å². The Balaban J connectivity index is 2.06. The summed E-state index contributed by atoms with van der Waals surface area (Å²) in [6.45, 7) is 3.73. The van der Waals surface area contributed by atoms with Crippen LogP contribution in [0.25, 0.3) is 0 Å². The molecule has 1 aromatic carbocycles. The number of hydrogen-bond donors (Lipinski definition) is 1. The number of carbonyl (C=O) groups excluding carboxylic acids is 1. The van der Waals surface area contributed by atoms with Crippen LogP contribution >= 0.6 is 0 Å². The molecular formula is C15H23N3O. The van der Waals surface area contributed by atoms with E-state index in [4.69, 9.17) is 0 Å². The van der Waals surface area contributed by atoms with Crippen LogP contribution in [0.3, 0.4) is 0 Å². The van der Waals surface area contributed by atoms with Crippen LogP contribution in [-0.4, -0.2) is 48.9 Å². The van der Waals surface area contributed by atoms with Gasteiger partial charge in [-0.3, -0.25) is 10.1 Å². The molecule has 0 saturated carbocycles. The number of benzene rings is 1. The highest BCUT2D eigenvalue weighted by Gasteiger charge is 2.36. The van der Waals surface area contributed by atoms with E-state index in [2.05, 4.69) is 36.4 Å². The summed E-state index contributed by atoms with van der Waals surface area (Å²) in [5.74, 6) is 0.201. The highest BCUT2D eigenvalue weighted by molar-refractivity contribution is 5.84. The molecule has 1 heterocycles. The van der Waals surface area contributed by atoms with Crippen LogP contribution in [0.15, 0.2) is 30.3 Å². The van der Waals surface area contributed by atoms with Crippen molar-refractivity contribution in [2.45, 2.75) is 25.6 Å². The predicted molar refractivity (Wildman–Crippen MR) is 76.7 cm³/mol. The van der Waals surface area contributed by atoms with Gasteiger partial charge in [0, 0.05) is 6.54 Å². The molecule has 1 amide bonds. The molecule has 0 spiro atoms. The SMILES string of the molecule is CC1NC(c2ccccc2)N(CCCN(C)C)C1=O. The summed E-state index contributed by atoms with van der Waals surface area (Å²) in [7, 11) is 4.11. The summed E-state index contributed by atoms with van der Waals surface area (Å²) in [5, 5.41) is 3.37. The lowest BCUT2D eigenvalue weighted by Gasteiger charge is -2.25. The van der Waals surface area contributed by atoms with Gasteiger partial charge in [-0.2, -0.15) is 0 Å². The lowest BCUT2D eigenvalue weighted by molar-refractivity contribution is -0.129. The Bertz CT molecular complexity index is 419. The van der Waals surface area contributed by atoms with E-state index < -0.39 is 0 Å². The Kier molecular flexibility index (Phi) is 4.56. The molecule has 2 unspecified atom stereocenters. The van der Waals surface area contributed by atoms with E-state index in [9.17, 15) is 4.79 Å². The second kappa shape index (κ2) is 6.17. The number of carbonyl (C=O) groups is 1. The lowest BCUT2D eigenvalue weighted by atomic mass is 10.1. The molecule has 1 aliphatic rings. The third-order valence-corrected chi connectivity index (χ3v) is 3.49. The fraction of sp³-hybridized carbons (Fsp3) is 0.533. The van der Waals surface area contributed by atoms with Crippen molar-refractivity contribution in [3.8, 4) is 0 Å². The van der Waals surface area contributed by atoms with Crippen molar-refractivity contribution in [1.29, 1.82) is 0 Å². The Morgan fingerprint density at radius 2 is 1.95 bits per heavy atom. The molecule has 4 nitrogen and oxygen atoms in total. The fourth-order valence-electron chi connectivity index (χ4n) is 2.48. The normalized spacial score (nSPS) is 23.4. The third kappa shape index (κ3) is 3.33. The molecule has 2 rings (SSSR count). The first kappa shape index (κ1) is 14.0. The van der Waals surface area contributed by atoms with Gasteiger partial charge in [0.25, 0.3) is 0 Å². The molecule has 1 aliphatic heterocycles. The van der Waals surface area contributed by atoms with Crippen LogP contribution in [0.2, 0.25) is 0 Å². The van der Waals surface area contributed by atoms with E-state index in [-0.39, 0.29) is 18.1 Å². The van der Waals surface area contributed by atoms with E-state index in [0.29, 0.717) is 0 Å². The zero-order chi connectivity index (χ0) is 13.8. The number of nitrogens with zero attached hydrogens (tertiary/aromatic N) is 2. The quantitative estimate of drug-likeness (QED) is 0.871. The zero-order valence-corrected chi connectivity index (χ0v) is 12.0. The molecule has 1 fully saturated rings. The minimum atomic E-state index is -0.0930. The van der Waals surface area contributed by atoms with E-state index in [1.807, 2.05) is 30.0 Å². The van der Waals surface area contributed by atoms with Gasteiger partial charge in [0.15, 0.2) is 0 Å². The molecule has 0 aliphatic carbocycles. The van der Waals surface area contributed by atoms with Gasteiger partial charge < -0.3 is 9.80 Å². The van der Waals surface area contributed by atoms with E-state index in [1.165, 1.54) is 0 Å². The van der Waals surface area contributed by atoms with Crippen LogP contribution in [0.4, 0.5) is 0 Å². The molecule has 2 atom stereocenters. The summed E-state index contributed by atoms with van der Waals surface area (Å²) in [6, 6.07) is 10.1. The average Bonchev–Trinajstić information content (AvgIpc) is 2.68. The van der Waals surface area contributed by atoms with Crippen LogP contribution in [0.5, 0.6) is 0 Å². The van der Waals surface area contributed by atoms with Crippen molar-refractivity contribution in [3.63, 3.8) is 0 Å². The first-order chi connectivity index (χ1) is 9.09. The summed E-state index contributed by atoms with van der Waals surface area (Å²) < 4.78 is 0. The summed E-state index contributed by atoms with van der Waals surface area (Å²) in [4.78, 5) is 16.3.